The lowest BCUT2D eigenvalue weighted by atomic mass is 10.1. The molecular weight excluding hydrogens is 148 g/mol. The summed E-state index contributed by atoms with van der Waals surface area (Å²) >= 11 is 0. The highest BCUT2D eigenvalue weighted by Gasteiger charge is 2.27. The molecule has 0 amide bonds. The Kier molecular flexibility index (Phi) is 3.53. The van der Waals surface area contributed by atoms with Crippen LogP contribution in [0.2, 0.25) is 0 Å². The average molecular weight is 170 g/mol. The molecular formula is C10H22N2. The zero-order valence-corrected chi connectivity index (χ0v) is 8.80. The Bertz CT molecular complexity index is 123. The standard InChI is InChI=1S/C10H22N2/c1-8(2)5-11-10-6-12(7-10)9(3)4/h8-11H,5-7H2,1-4H3. The van der Waals surface area contributed by atoms with Crippen molar-refractivity contribution in [3.05, 3.63) is 0 Å². The third kappa shape index (κ3) is 2.76. The SMILES string of the molecule is CC(C)CNC1CN(C(C)C)C1. The summed E-state index contributed by atoms with van der Waals surface area (Å²) in [5.74, 6) is 0.776. The molecule has 1 rings (SSSR count). The molecule has 0 aromatic heterocycles. The predicted octanol–water partition coefficient (Wildman–Crippen LogP) is 1.32. The number of hydrogen-bond donors (Lipinski definition) is 1. The van der Waals surface area contributed by atoms with E-state index >= 15 is 0 Å². The predicted molar refractivity (Wildman–Crippen MR) is 53.3 cm³/mol. The van der Waals surface area contributed by atoms with Crippen LogP contribution in [0.1, 0.15) is 27.7 Å². The molecule has 1 saturated heterocycles. The molecule has 0 aliphatic carbocycles. The van der Waals surface area contributed by atoms with Crippen LogP contribution in [-0.2, 0) is 0 Å². The fourth-order valence-electron chi connectivity index (χ4n) is 1.47. The maximum absolute atomic E-state index is 3.56. The normalized spacial score (nSPS) is 20.5. The Morgan fingerprint density at radius 1 is 1.25 bits per heavy atom. The van der Waals surface area contributed by atoms with Gasteiger partial charge in [-0.05, 0) is 26.3 Å². The molecule has 12 heavy (non-hydrogen) atoms. The van der Waals surface area contributed by atoms with Crippen molar-refractivity contribution in [3.8, 4) is 0 Å². The van der Waals surface area contributed by atoms with Crippen molar-refractivity contribution < 1.29 is 0 Å². The number of rotatable bonds is 4. The van der Waals surface area contributed by atoms with E-state index in [0.717, 1.165) is 24.5 Å². The third-order valence-corrected chi connectivity index (χ3v) is 2.45. The molecule has 2 heteroatoms. The van der Waals surface area contributed by atoms with Crippen molar-refractivity contribution in [2.45, 2.75) is 39.8 Å². The van der Waals surface area contributed by atoms with E-state index in [1.165, 1.54) is 13.1 Å². The lowest BCUT2D eigenvalue weighted by molar-refractivity contribution is 0.0905. The summed E-state index contributed by atoms with van der Waals surface area (Å²) in [6, 6.07) is 1.48. The Hall–Kier alpha value is -0.0800. The summed E-state index contributed by atoms with van der Waals surface area (Å²) in [4.78, 5) is 2.50. The number of hydrogen-bond acceptors (Lipinski definition) is 2. The van der Waals surface area contributed by atoms with Gasteiger partial charge in [-0.15, -0.1) is 0 Å². The molecule has 0 spiro atoms. The molecule has 1 heterocycles. The minimum absolute atomic E-state index is 0.724. The fourth-order valence-corrected chi connectivity index (χ4v) is 1.47. The molecule has 1 aliphatic heterocycles. The molecule has 72 valence electrons. The van der Waals surface area contributed by atoms with Gasteiger partial charge in [-0.3, -0.25) is 4.90 Å². The molecule has 0 unspecified atom stereocenters. The van der Waals surface area contributed by atoms with Gasteiger partial charge in [0.15, 0.2) is 0 Å². The van der Waals surface area contributed by atoms with Gasteiger partial charge in [0.2, 0.25) is 0 Å². The van der Waals surface area contributed by atoms with Crippen LogP contribution in [0.4, 0.5) is 0 Å². The van der Waals surface area contributed by atoms with Crippen LogP contribution in [-0.4, -0.2) is 36.6 Å². The van der Waals surface area contributed by atoms with Crippen molar-refractivity contribution in [1.29, 1.82) is 0 Å². The van der Waals surface area contributed by atoms with Crippen LogP contribution in [0.25, 0.3) is 0 Å². The molecule has 1 N–H and O–H groups in total. The van der Waals surface area contributed by atoms with Gasteiger partial charge in [0, 0.05) is 25.2 Å². The quantitative estimate of drug-likeness (QED) is 0.684. The van der Waals surface area contributed by atoms with E-state index in [4.69, 9.17) is 0 Å². The topological polar surface area (TPSA) is 15.3 Å². The molecule has 0 aromatic rings. The van der Waals surface area contributed by atoms with Gasteiger partial charge in [0.1, 0.15) is 0 Å². The smallest absolute Gasteiger partial charge is 0.0322 e. The first-order chi connectivity index (χ1) is 5.59. The van der Waals surface area contributed by atoms with Gasteiger partial charge < -0.3 is 5.32 Å². The van der Waals surface area contributed by atoms with Gasteiger partial charge in [-0.1, -0.05) is 13.8 Å². The zero-order chi connectivity index (χ0) is 9.14. The van der Waals surface area contributed by atoms with E-state index in [-0.39, 0.29) is 0 Å². The van der Waals surface area contributed by atoms with Crippen LogP contribution in [0.3, 0.4) is 0 Å². The van der Waals surface area contributed by atoms with Gasteiger partial charge in [-0.25, -0.2) is 0 Å². The molecule has 0 atom stereocenters. The number of nitrogens with one attached hydrogen (secondary N) is 1. The largest absolute Gasteiger partial charge is 0.311 e. The summed E-state index contributed by atoms with van der Waals surface area (Å²) < 4.78 is 0. The monoisotopic (exact) mass is 170 g/mol. The first-order valence-electron chi connectivity index (χ1n) is 5.07. The summed E-state index contributed by atoms with van der Waals surface area (Å²) in [6.07, 6.45) is 0. The molecule has 0 bridgehead atoms. The lowest BCUT2D eigenvalue weighted by Gasteiger charge is -2.42. The molecule has 0 aromatic carbocycles. The maximum Gasteiger partial charge on any atom is 0.0322 e. The highest BCUT2D eigenvalue weighted by atomic mass is 15.3. The average Bonchev–Trinajstić information content (AvgIpc) is 1.82. The summed E-state index contributed by atoms with van der Waals surface area (Å²) in [6.45, 7) is 12.7. The maximum atomic E-state index is 3.56. The van der Waals surface area contributed by atoms with E-state index < -0.39 is 0 Å². The summed E-state index contributed by atoms with van der Waals surface area (Å²) in [5.41, 5.74) is 0. The van der Waals surface area contributed by atoms with Crippen LogP contribution >= 0.6 is 0 Å². The second-order valence-electron chi connectivity index (χ2n) is 4.55. The van der Waals surface area contributed by atoms with E-state index in [0.29, 0.717) is 0 Å². The van der Waals surface area contributed by atoms with Gasteiger partial charge in [0.05, 0.1) is 0 Å². The van der Waals surface area contributed by atoms with Gasteiger partial charge in [-0.2, -0.15) is 0 Å². The van der Waals surface area contributed by atoms with E-state index in [2.05, 4.69) is 37.9 Å². The van der Waals surface area contributed by atoms with Crippen molar-refractivity contribution in [2.24, 2.45) is 5.92 Å². The molecule has 0 radical (unpaired) electrons. The first kappa shape index (κ1) is 10.0. The Balaban J connectivity index is 2.02. The molecule has 1 aliphatic rings. The van der Waals surface area contributed by atoms with Gasteiger partial charge >= 0.3 is 0 Å². The third-order valence-electron chi connectivity index (χ3n) is 2.45. The highest BCUT2D eigenvalue weighted by Crippen LogP contribution is 2.11. The lowest BCUT2D eigenvalue weighted by Crippen LogP contribution is -2.60. The first-order valence-corrected chi connectivity index (χ1v) is 5.07. The van der Waals surface area contributed by atoms with Gasteiger partial charge in [0.25, 0.3) is 0 Å². The minimum atomic E-state index is 0.724. The second kappa shape index (κ2) is 4.24. The van der Waals surface area contributed by atoms with Crippen LogP contribution in [0.5, 0.6) is 0 Å². The second-order valence-corrected chi connectivity index (χ2v) is 4.55. The van der Waals surface area contributed by atoms with Crippen molar-refractivity contribution in [1.82, 2.24) is 10.2 Å². The Morgan fingerprint density at radius 3 is 2.25 bits per heavy atom. The summed E-state index contributed by atoms with van der Waals surface area (Å²) in [7, 11) is 0. The zero-order valence-electron chi connectivity index (χ0n) is 8.80. The van der Waals surface area contributed by atoms with Crippen LogP contribution in [0.15, 0.2) is 0 Å². The van der Waals surface area contributed by atoms with E-state index in [1.807, 2.05) is 0 Å². The Morgan fingerprint density at radius 2 is 1.83 bits per heavy atom. The fraction of sp³-hybridized carbons (Fsp3) is 1.00. The minimum Gasteiger partial charge on any atom is -0.311 e. The highest BCUT2D eigenvalue weighted by molar-refractivity contribution is 4.87. The van der Waals surface area contributed by atoms with E-state index in [1.54, 1.807) is 0 Å². The van der Waals surface area contributed by atoms with Crippen molar-refractivity contribution in [2.75, 3.05) is 19.6 Å². The van der Waals surface area contributed by atoms with Crippen LogP contribution in [0, 0.1) is 5.92 Å². The van der Waals surface area contributed by atoms with Crippen molar-refractivity contribution >= 4 is 0 Å². The Labute approximate surface area is 76.3 Å². The molecule has 2 nitrogen and oxygen atoms in total. The number of nitrogens with zero attached hydrogens (tertiary/aromatic N) is 1. The molecule has 0 saturated carbocycles. The van der Waals surface area contributed by atoms with Crippen molar-refractivity contribution in [3.63, 3.8) is 0 Å². The summed E-state index contributed by atoms with van der Waals surface area (Å²) in [5, 5.41) is 3.56. The molecule has 1 fully saturated rings. The van der Waals surface area contributed by atoms with Crippen LogP contribution < -0.4 is 5.32 Å². The van der Waals surface area contributed by atoms with E-state index in [9.17, 15) is 0 Å². The number of likely N-dealkylation sites (tertiary alicyclic amines) is 1.